The molecule has 3 nitrogen and oxygen atoms in total. The minimum Gasteiger partial charge on any atom is -0.182 e. The van der Waals surface area contributed by atoms with Crippen molar-refractivity contribution in [1.29, 1.82) is 0 Å². The molecule has 0 saturated carbocycles. The lowest BCUT2D eigenvalue weighted by molar-refractivity contribution is -1.24. The molecule has 0 spiro atoms. The van der Waals surface area contributed by atoms with Crippen molar-refractivity contribution in [3.05, 3.63) is 0 Å². The Morgan fingerprint density at radius 2 is 0.750 bits per heavy atom. The van der Waals surface area contributed by atoms with Gasteiger partial charge in [0.15, 0.2) is 0 Å². The van der Waals surface area contributed by atoms with Gasteiger partial charge in [0.25, 0.3) is 0 Å². The summed E-state index contributed by atoms with van der Waals surface area (Å²) in [5, 5.41) is 18.9. The van der Waals surface area contributed by atoms with E-state index in [0.717, 1.165) is 12.8 Å². The van der Waals surface area contributed by atoms with Gasteiger partial charge in [0.2, 0.25) is 0 Å². The monoisotopic (exact) mass is 344 g/mol. The van der Waals surface area contributed by atoms with Gasteiger partial charge in [-0.25, -0.2) is 0 Å². The number of hydrogen-bond acceptors (Lipinski definition) is 2. The first-order valence-electron chi connectivity index (χ1n) is 10.9. The van der Waals surface area contributed by atoms with Crippen molar-refractivity contribution in [1.82, 2.24) is 0 Å². The Morgan fingerprint density at radius 1 is 0.458 bits per heavy atom. The smallest absolute Gasteiger partial charge is 0.142 e. The second-order valence-electron chi connectivity index (χ2n) is 7.58. The fourth-order valence-corrected chi connectivity index (χ4v) is 3.25. The van der Waals surface area contributed by atoms with Gasteiger partial charge in [-0.1, -0.05) is 103 Å². The van der Waals surface area contributed by atoms with Gasteiger partial charge in [0, 0.05) is 6.42 Å². The summed E-state index contributed by atoms with van der Waals surface area (Å²) in [6.45, 7) is 4.92. The molecule has 0 saturated heterocycles. The third-order valence-corrected chi connectivity index (χ3v) is 5.13. The van der Waals surface area contributed by atoms with E-state index >= 15 is 0 Å². The summed E-state index contributed by atoms with van der Waals surface area (Å²) in [6.07, 6.45) is 23.0. The first-order chi connectivity index (χ1) is 11.6. The van der Waals surface area contributed by atoms with Crippen LogP contribution in [0.3, 0.4) is 0 Å². The van der Waals surface area contributed by atoms with Crippen LogP contribution in [0.5, 0.6) is 0 Å². The standard InChI is InChI=1S/C21H46NO2/c1-3-5-6-7-8-9-10-11-12-13-14-15-16-17-18-19-20-21-22(23,24)4-2/h23-24H,3-21H2,1-2H3/q+1. The number of nitrogens with zero attached hydrogens (tertiary/aromatic N) is 1. The second kappa shape index (κ2) is 17.7. The van der Waals surface area contributed by atoms with Crippen molar-refractivity contribution in [2.45, 2.75) is 123 Å². The molecule has 0 rings (SSSR count). The molecule has 0 aliphatic heterocycles. The van der Waals surface area contributed by atoms with Gasteiger partial charge >= 0.3 is 0 Å². The van der Waals surface area contributed by atoms with Gasteiger partial charge in [0.05, 0.1) is 0 Å². The number of quaternary nitrogens is 1. The third kappa shape index (κ3) is 18.2. The van der Waals surface area contributed by atoms with E-state index in [1.165, 1.54) is 96.3 Å². The topological polar surface area (TPSA) is 40.5 Å². The van der Waals surface area contributed by atoms with Crippen LogP contribution in [0.15, 0.2) is 0 Å². The highest BCUT2D eigenvalue weighted by Crippen LogP contribution is 2.14. The summed E-state index contributed by atoms with van der Waals surface area (Å²) in [5.41, 5.74) is 0. The molecule has 0 aliphatic carbocycles. The van der Waals surface area contributed by atoms with E-state index in [1.54, 1.807) is 6.92 Å². The summed E-state index contributed by atoms with van der Waals surface area (Å²) in [6, 6.07) is 0. The fourth-order valence-electron chi connectivity index (χ4n) is 3.25. The van der Waals surface area contributed by atoms with E-state index in [4.69, 9.17) is 0 Å². The zero-order valence-electron chi connectivity index (χ0n) is 16.8. The van der Waals surface area contributed by atoms with Gasteiger partial charge in [-0.3, -0.25) is 0 Å². The van der Waals surface area contributed by atoms with E-state index in [9.17, 15) is 10.4 Å². The Hall–Kier alpha value is -0.120. The summed E-state index contributed by atoms with van der Waals surface area (Å²) in [4.78, 5) is -0.807. The molecule has 0 aromatic heterocycles. The molecule has 0 aromatic carbocycles. The molecule has 3 heteroatoms. The van der Waals surface area contributed by atoms with Gasteiger partial charge in [-0.05, 0) is 18.2 Å². The largest absolute Gasteiger partial charge is 0.182 e. The Balaban J connectivity index is 3.05. The maximum absolute atomic E-state index is 9.44. The van der Waals surface area contributed by atoms with Gasteiger partial charge in [0.1, 0.15) is 13.1 Å². The quantitative estimate of drug-likeness (QED) is 0.147. The van der Waals surface area contributed by atoms with Crippen LogP contribution in [0.1, 0.15) is 123 Å². The van der Waals surface area contributed by atoms with Crippen LogP contribution < -0.4 is 0 Å². The summed E-state index contributed by atoms with van der Waals surface area (Å²) in [7, 11) is 0. The Kier molecular flexibility index (Phi) is 17.6. The molecule has 0 bridgehead atoms. The van der Waals surface area contributed by atoms with E-state index in [-0.39, 0.29) is 0 Å². The summed E-state index contributed by atoms with van der Waals surface area (Å²) < 4.78 is 0. The average molecular weight is 345 g/mol. The van der Waals surface area contributed by atoms with Crippen molar-refractivity contribution in [3.8, 4) is 0 Å². The minimum absolute atomic E-state index is 0.374. The highest BCUT2D eigenvalue weighted by molar-refractivity contribution is 4.50. The maximum atomic E-state index is 9.44. The predicted octanol–water partition coefficient (Wildman–Crippen LogP) is 7.25. The van der Waals surface area contributed by atoms with Crippen LogP contribution in [-0.2, 0) is 0 Å². The SMILES string of the molecule is CCCCCCCCCCCCCCCCCCC[N+](O)(O)CC. The van der Waals surface area contributed by atoms with Crippen LogP contribution in [0.25, 0.3) is 0 Å². The molecular weight excluding hydrogens is 298 g/mol. The van der Waals surface area contributed by atoms with Crippen LogP contribution >= 0.6 is 0 Å². The Bertz CT molecular complexity index is 244. The van der Waals surface area contributed by atoms with Gasteiger partial charge in [-0.2, -0.15) is 10.4 Å². The lowest BCUT2D eigenvalue weighted by Gasteiger charge is -2.18. The molecule has 0 atom stereocenters. The molecule has 2 N–H and O–H groups in total. The highest BCUT2D eigenvalue weighted by Gasteiger charge is 2.17. The van der Waals surface area contributed by atoms with Crippen molar-refractivity contribution in [2.24, 2.45) is 0 Å². The molecule has 0 unspecified atom stereocenters. The Morgan fingerprint density at radius 3 is 1.04 bits per heavy atom. The third-order valence-electron chi connectivity index (χ3n) is 5.13. The van der Waals surface area contributed by atoms with Gasteiger partial charge in [-0.15, -0.1) is 0 Å². The van der Waals surface area contributed by atoms with Crippen LogP contribution in [0.4, 0.5) is 0 Å². The number of hydroxylamine groups is 4. The summed E-state index contributed by atoms with van der Waals surface area (Å²) in [5.74, 6) is 0. The van der Waals surface area contributed by atoms with Crippen LogP contribution in [0, 0.1) is 0 Å². The molecule has 0 fully saturated rings. The lowest BCUT2D eigenvalue weighted by atomic mass is 10.0. The Labute approximate surface area is 152 Å². The molecule has 24 heavy (non-hydrogen) atoms. The maximum Gasteiger partial charge on any atom is 0.142 e. The first kappa shape index (κ1) is 23.9. The molecule has 0 aromatic rings. The van der Waals surface area contributed by atoms with Crippen LogP contribution in [-0.4, -0.2) is 28.3 Å². The first-order valence-corrected chi connectivity index (χ1v) is 10.9. The van der Waals surface area contributed by atoms with E-state index in [1.807, 2.05) is 0 Å². The zero-order valence-corrected chi connectivity index (χ0v) is 16.8. The molecule has 0 heterocycles. The fraction of sp³-hybridized carbons (Fsp3) is 1.00. The van der Waals surface area contributed by atoms with Crippen molar-refractivity contribution < 1.29 is 15.2 Å². The highest BCUT2D eigenvalue weighted by atomic mass is 16.8. The number of unbranched alkanes of at least 4 members (excludes halogenated alkanes) is 16. The predicted molar refractivity (Wildman–Crippen MR) is 103 cm³/mol. The molecule has 0 radical (unpaired) electrons. The molecule has 0 amide bonds. The zero-order chi connectivity index (χ0) is 17.9. The van der Waals surface area contributed by atoms with E-state index in [0.29, 0.717) is 13.1 Å². The average Bonchev–Trinajstić information content (AvgIpc) is 2.57. The normalized spacial score (nSPS) is 12.0. The van der Waals surface area contributed by atoms with Crippen molar-refractivity contribution in [3.63, 3.8) is 0 Å². The second-order valence-corrected chi connectivity index (χ2v) is 7.58. The lowest BCUT2D eigenvalue weighted by Crippen LogP contribution is -2.41. The van der Waals surface area contributed by atoms with E-state index < -0.39 is 4.81 Å². The number of hydrogen-bond donors (Lipinski definition) is 2. The molecule has 0 aliphatic rings. The van der Waals surface area contributed by atoms with Crippen molar-refractivity contribution in [2.75, 3.05) is 13.1 Å². The van der Waals surface area contributed by atoms with Gasteiger partial charge < -0.3 is 0 Å². The number of rotatable bonds is 19. The molecule has 146 valence electrons. The van der Waals surface area contributed by atoms with Crippen LogP contribution in [0.2, 0.25) is 0 Å². The minimum atomic E-state index is -0.807. The van der Waals surface area contributed by atoms with Crippen molar-refractivity contribution >= 4 is 0 Å². The summed E-state index contributed by atoms with van der Waals surface area (Å²) >= 11 is 0. The van der Waals surface area contributed by atoms with E-state index in [2.05, 4.69) is 6.92 Å². The molecular formula is C21H46NO2+.